The Morgan fingerprint density at radius 1 is 1.20 bits per heavy atom. The van der Waals surface area contributed by atoms with Crippen molar-refractivity contribution in [3.8, 4) is 0 Å². The van der Waals surface area contributed by atoms with Crippen molar-refractivity contribution < 1.29 is 0 Å². The van der Waals surface area contributed by atoms with Crippen molar-refractivity contribution in [1.82, 2.24) is 15.3 Å². The number of aryl methyl sites for hydroxylation is 1. The Balaban J connectivity index is 1.50. The summed E-state index contributed by atoms with van der Waals surface area (Å²) < 4.78 is 0. The molecule has 1 N–H and O–H groups in total. The Morgan fingerprint density at radius 2 is 2.00 bits per heavy atom. The number of piperidine rings is 1. The Labute approximate surface area is 122 Å². The monoisotopic (exact) mass is 274 g/mol. The van der Waals surface area contributed by atoms with Crippen molar-refractivity contribution in [3.05, 3.63) is 18.1 Å². The first-order chi connectivity index (χ1) is 9.85. The molecule has 4 heteroatoms. The number of hydrogen-bond donors (Lipinski definition) is 1. The molecule has 0 bridgehead atoms. The van der Waals surface area contributed by atoms with Gasteiger partial charge in [0, 0.05) is 30.9 Å². The third-order valence-corrected chi connectivity index (χ3v) is 4.43. The molecule has 0 unspecified atom stereocenters. The molecule has 2 fully saturated rings. The van der Waals surface area contributed by atoms with Crippen LogP contribution in [0.1, 0.15) is 44.7 Å². The zero-order valence-electron chi connectivity index (χ0n) is 12.5. The molecule has 0 atom stereocenters. The standard InChI is InChI=1S/C16H26N4/c1-2-3-15-10-16(19-12-18-15)20-8-6-14(7-9-20)17-11-13-4-5-13/h10,12-14,17H,2-9,11H2,1H3. The molecule has 0 amide bonds. The predicted molar refractivity (Wildman–Crippen MR) is 82.0 cm³/mol. The van der Waals surface area contributed by atoms with Crippen molar-refractivity contribution in [1.29, 1.82) is 0 Å². The number of hydrogen-bond acceptors (Lipinski definition) is 4. The van der Waals surface area contributed by atoms with Crippen LogP contribution in [-0.2, 0) is 6.42 Å². The fourth-order valence-corrected chi connectivity index (χ4v) is 2.92. The number of rotatable bonds is 6. The molecule has 1 aromatic heterocycles. The van der Waals surface area contributed by atoms with Crippen molar-refractivity contribution in [2.75, 3.05) is 24.5 Å². The lowest BCUT2D eigenvalue weighted by atomic mass is 10.0. The predicted octanol–water partition coefficient (Wildman–Crippen LogP) is 2.40. The van der Waals surface area contributed by atoms with Gasteiger partial charge < -0.3 is 10.2 Å². The minimum atomic E-state index is 0.712. The third-order valence-electron chi connectivity index (χ3n) is 4.43. The highest BCUT2D eigenvalue weighted by Crippen LogP contribution is 2.28. The minimum Gasteiger partial charge on any atom is -0.356 e. The van der Waals surface area contributed by atoms with Gasteiger partial charge in [-0.25, -0.2) is 9.97 Å². The Bertz CT molecular complexity index is 422. The molecule has 0 aromatic carbocycles. The number of aromatic nitrogens is 2. The lowest BCUT2D eigenvalue weighted by Crippen LogP contribution is -2.43. The summed E-state index contributed by atoms with van der Waals surface area (Å²) in [5.41, 5.74) is 1.17. The van der Waals surface area contributed by atoms with E-state index in [0.29, 0.717) is 6.04 Å². The van der Waals surface area contributed by atoms with Crippen molar-refractivity contribution >= 4 is 5.82 Å². The zero-order valence-corrected chi connectivity index (χ0v) is 12.5. The van der Waals surface area contributed by atoms with Crippen LogP contribution in [0.2, 0.25) is 0 Å². The molecule has 20 heavy (non-hydrogen) atoms. The SMILES string of the molecule is CCCc1cc(N2CCC(NCC3CC3)CC2)ncn1. The van der Waals surface area contributed by atoms with Crippen LogP contribution in [0.4, 0.5) is 5.82 Å². The summed E-state index contributed by atoms with van der Waals surface area (Å²) in [6.07, 6.45) is 9.26. The number of anilines is 1. The van der Waals surface area contributed by atoms with E-state index in [4.69, 9.17) is 0 Å². The van der Waals surface area contributed by atoms with Crippen LogP contribution in [0.5, 0.6) is 0 Å². The quantitative estimate of drug-likeness (QED) is 0.865. The van der Waals surface area contributed by atoms with Gasteiger partial charge in [0.15, 0.2) is 0 Å². The van der Waals surface area contributed by atoms with E-state index in [1.165, 1.54) is 37.9 Å². The fraction of sp³-hybridized carbons (Fsp3) is 0.750. The first-order valence-corrected chi connectivity index (χ1v) is 8.14. The third kappa shape index (κ3) is 3.69. The Kier molecular flexibility index (Phi) is 4.51. The topological polar surface area (TPSA) is 41.0 Å². The van der Waals surface area contributed by atoms with Crippen LogP contribution in [0, 0.1) is 5.92 Å². The lowest BCUT2D eigenvalue weighted by molar-refractivity contribution is 0.407. The average molecular weight is 274 g/mol. The molecule has 3 rings (SSSR count). The summed E-state index contributed by atoms with van der Waals surface area (Å²) in [7, 11) is 0. The van der Waals surface area contributed by atoms with Gasteiger partial charge in [-0.2, -0.15) is 0 Å². The molecule has 1 aromatic rings. The second-order valence-electron chi connectivity index (χ2n) is 6.23. The summed E-state index contributed by atoms with van der Waals surface area (Å²) in [5.74, 6) is 2.09. The molecule has 0 radical (unpaired) electrons. The molecule has 1 aliphatic carbocycles. The van der Waals surface area contributed by atoms with Crippen LogP contribution in [0.15, 0.2) is 12.4 Å². The van der Waals surface area contributed by atoms with Crippen LogP contribution in [-0.4, -0.2) is 35.6 Å². The van der Waals surface area contributed by atoms with E-state index in [1.807, 2.05) is 0 Å². The molecular formula is C16H26N4. The first-order valence-electron chi connectivity index (χ1n) is 8.14. The molecular weight excluding hydrogens is 248 g/mol. The molecule has 0 spiro atoms. The maximum absolute atomic E-state index is 4.45. The van der Waals surface area contributed by atoms with Crippen molar-refractivity contribution in [3.63, 3.8) is 0 Å². The summed E-state index contributed by atoms with van der Waals surface area (Å²) >= 11 is 0. The largest absolute Gasteiger partial charge is 0.356 e. The second kappa shape index (κ2) is 6.53. The van der Waals surface area contributed by atoms with Crippen molar-refractivity contribution in [2.24, 2.45) is 5.92 Å². The van der Waals surface area contributed by atoms with Gasteiger partial charge in [-0.3, -0.25) is 0 Å². The van der Waals surface area contributed by atoms with E-state index in [0.717, 1.165) is 37.7 Å². The highest BCUT2D eigenvalue weighted by atomic mass is 15.2. The van der Waals surface area contributed by atoms with E-state index in [1.54, 1.807) is 6.33 Å². The van der Waals surface area contributed by atoms with E-state index in [2.05, 4.69) is 33.2 Å². The number of nitrogens with zero attached hydrogens (tertiary/aromatic N) is 3. The molecule has 1 aliphatic heterocycles. The summed E-state index contributed by atoms with van der Waals surface area (Å²) in [5, 5.41) is 3.73. The van der Waals surface area contributed by atoms with E-state index >= 15 is 0 Å². The van der Waals surface area contributed by atoms with Gasteiger partial charge in [0.25, 0.3) is 0 Å². The first kappa shape index (κ1) is 13.8. The summed E-state index contributed by atoms with van der Waals surface area (Å²) in [6.45, 7) is 5.66. The average Bonchev–Trinajstić information content (AvgIpc) is 3.31. The van der Waals surface area contributed by atoms with E-state index in [9.17, 15) is 0 Å². The molecule has 2 heterocycles. The fourth-order valence-electron chi connectivity index (χ4n) is 2.92. The minimum absolute atomic E-state index is 0.712. The smallest absolute Gasteiger partial charge is 0.132 e. The highest BCUT2D eigenvalue weighted by Gasteiger charge is 2.24. The van der Waals surface area contributed by atoms with Gasteiger partial charge in [0.2, 0.25) is 0 Å². The van der Waals surface area contributed by atoms with Crippen LogP contribution in [0.3, 0.4) is 0 Å². The molecule has 110 valence electrons. The van der Waals surface area contributed by atoms with Crippen LogP contribution >= 0.6 is 0 Å². The van der Waals surface area contributed by atoms with Gasteiger partial charge in [-0.05, 0) is 44.6 Å². The van der Waals surface area contributed by atoms with Gasteiger partial charge in [-0.1, -0.05) is 13.3 Å². The van der Waals surface area contributed by atoms with Gasteiger partial charge in [0.1, 0.15) is 12.1 Å². The van der Waals surface area contributed by atoms with Gasteiger partial charge in [0.05, 0.1) is 0 Å². The number of nitrogens with one attached hydrogen (secondary N) is 1. The zero-order chi connectivity index (χ0) is 13.8. The van der Waals surface area contributed by atoms with Crippen LogP contribution in [0.25, 0.3) is 0 Å². The molecule has 2 aliphatic rings. The highest BCUT2D eigenvalue weighted by molar-refractivity contribution is 5.39. The Hall–Kier alpha value is -1.16. The van der Waals surface area contributed by atoms with Crippen LogP contribution < -0.4 is 10.2 Å². The van der Waals surface area contributed by atoms with Gasteiger partial charge in [-0.15, -0.1) is 0 Å². The maximum atomic E-state index is 4.45. The molecule has 1 saturated heterocycles. The normalized spacial score (nSPS) is 20.4. The van der Waals surface area contributed by atoms with E-state index < -0.39 is 0 Å². The molecule has 1 saturated carbocycles. The maximum Gasteiger partial charge on any atom is 0.132 e. The second-order valence-corrected chi connectivity index (χ2v) is 6.23. The summed E-state index contributed by atoms with van der Waals surface area (Å²) in [6, 6.07) is 2.88. The Morgan fingerprint density at radius 3 is 2.70 bits per heavy atom. The van der Waals surface area contributed by atoms with Crippen molar-refractivity contribution in [2.45, 2.75) is 51.5 Å². The molecule has 4 nitrogen and oxygen atoms in total. The summed E-state index contributed by atoms with van der Waals surface area (Å²) in [4.78, 5) is 11.2. The lowest BCUT2D eigenvalue weighted by Gasteiger charge is -2.33. The van der Waals surface area contributed by atoms with E-state index in [-0.39, 0.29) is 0 Å². The van der Waals surface area contributed by atoms with Gasteiger partial charge >= 0.3 is 0 Å².